The Morgan fingerprint density at radius 2 is 1.89 bits per heavy atom. The third-order valence-corrected chi connectivity index (χ3v) is 4.33. The highest BCUT2D eigenvalue weighted by atomic mass is 16.5. The Balaban J connectivity index is 2.18. The second-order valence-electron chi connectivity index (χ2n) is 6.51. The minimum absolute atomic E-state index is 0.170. The predicted octanol–water partition coefficient (Wildman–Crippen LogP) is 4.40. The number of rotatable bonds is 3. The first-order valence-corrected chi connectivity index (χ1v) is 7.12. The lowest BCUT2D eigenvalue weighted by molar-refractivity contribution is 0.0835. The Hall–Kier alpha value is -1.31. The fourth-order valence-electron chi connectivity index (χ4n) is 2.90. The van der Waals surface area contributed by atoms with E-state index in [0.717, 1.165) is 36.8 Å². The van der Waals surface area contributed by atoms with Crippen molar-refractivity contribution in [1.82, 2.24) is 0 Å². The fourth-order valence-corrected chi connectivity index (χ4v) is 2.90. The maximum atomic E-state index is 12.7. The lowest BCUT2D eigenvalue weighted by Gasteiger charge is -2.33. The lowest BCUT2D eigenvalue weighted by Crippen LogP contribution is -2.26. The van der Waals surface area contributed by atoms with E-state index < -0.39 is 0 Å². The van der Waals surface area contributed by atoms with E-state index in [1.807, 2.05) is 25.1 Å². The molecule has 1 aliphatic rings. The van der Waals surface area contributed by atoms with Crippen LogP contribution in [0.5, 0.6) is 5.75 Å². The first-order valence-electron chi connectivity index (χ1n) is 7.12. The first kappa shape index (κ1) is 14.1. The average molecular weight is 260 g/mol. The molecule has 0 amide bonds. The van der Waals surface area contributed by atoms with Crippen molar-refractivity contribution in [2.75, 3.05) is 7.11 Å². The highest BCUT2D eigenvalue weighted by molar-refractivity contribution is 6.00. The normalized spacial score (nSPS) is 19.2. The summed E-state index contributed by atoms with van der Waals surface area (Å²) >= 11 is 0. The van der Waals surface area contributed by atoms with Gasteiger partial charge in [-0.1, -0.05) is 25.5 Å². The van der Waals surface area contributed by atoms with E-state index in [0.29, 0.717) is 11.2 Å². The highest BCUT2D eigenvalue weighted by Gasteiger charge is 2.31. The zero-order chi connectivity index (χ0) is 14.0. The van der Waals surface area contributed by atoms with E-state index in [2.05, 4.69) is 13.8 Å². The molecule has 1 aliphatic carbocycles. The molecule has 0 spiro atoms. The van der Waals surface area contributed by atoms with E-state index >= 15 is 0 Å². The number of ketones is 1. The summed E-state index contributed by atoms with van der Waals surface area (Å²) in [6, 6.07) is 5.84. The van der Waals surface area contributed by atoms with Crippen LogP contribution < -0.4 is 4.74 Å². The summed E-state index contributed by atoms with van der Waals surface area (Å²) < 4.78 is 5.33. The number of hydrogen-bond acceptors (Lipinski definition) is 2. The fraction of sp³-hybridized carbons (Fsp3) is 0.588. The van der Waals surface area contributed by atoms with E-state index in [1.54, 1.807) is 7.11 Å². The number of methoxy groups -OCH3 is 1. The van der Waals surface area contributed by atoms with Crippen LogP contribution in [0.3, 0.4) is 0 Å². The van der Waals surface area contributed by atoms with Crippen molar-refractivity contribution in [3.63, 3.8) is 0 Å². The molecule has 0 N–H and O–H groups in total. The maximum Gasteiger partial charge on any atom is 0.169 e. The van der Waals surface area contributed by atoms with Gasteiger partial charge in [-0.25, -0.2) is 0 Å². The number of ether oxygens (including phenoxy) is 1. The average Bonchev–Trinajstić information content (AvgIpc) is 2.38. The Bertz CT molecular complexity index is 464. The lowest BCUT2D eigenvalue weighted by atomic mass is 9.71. The van der Waals surface area contributed by atoms with Crippen LogP contribution in [0, 0.1) is 18.3 Å². The van der Waals surface area contributed by atoms with Gasteiger partial charge in [0, 0.05) is 5.92 Å². The molecule has 1 fully saturated rings. The molecule has 0 aliphatic heterocycles. The molecule has 0 unspecified atom stereocenters. The third-order valence-electron chi connectivity index (χ3n) is 4.33. The minimum Gasteiger partial charge on any atom is -0.496 e. The summed E-state index contributed by atoms with van der Waals surface area (Å²) in [5.41, 5.74) is 2.26. The van der Waals surface area contributed by atoms with E-state index in [9.17, 15) is 4.79 Å². The molecule has 0 bridgehead atoms. The van der Waals surface area contributed by atoms with Crippen LogP contribution in [0.15, 0.2) is 18.2 Å². The van der Waals surface area contributed by atoms with Gasteiger partial charge in [-0.15, -0.1) is 0 Å². The van der Waals surface area contributed by atoms with Crippen molar-refractivity contribution in [1.29, 1.82) is 0 Å². The number of carbonyl (C=O) groups excluding carboxylic acids is 1. The number of aryl methyl sites for hydroxylation is 1. The Kier molecular flexibility index (Phi) is 3.98. The van der Waals surface area contributed by atoms with Gasteiger partial charge in [0.2, 0.25) is 0 Å². The monoisotopic (exact) mass is 260 g/mol. The molecule has 104 valence electrons. The molecule has 19 heavy (non-hydrogen) atoms. The van der Waals surface area contributed by atoms with Gasteiger partial charge in [-0.2, -0.15) is 0 Å². The quantitative estimate of drug-likeness (QED) is 0.753. The van der Waals surface area contributed by atoms with Gasteiger partial charge in [-0.05, 0) is 50.2 Å². The number of benzene rings is 1. The van der Waals surface area contributed by atoms with Crippen LogP contribution in [0.4, 0.5) is 0 Å². The van der Waals surface area contributed by atoms with Gasteiger partial charge in [0.05, 0.1) is 12.7 Å². The van der Waals surface area contributed by atoms with Gasteiger partial charge in [-0.3, -0.25) is 4.79 Å². The Morgan fingerprint density at radius 3 is 2.47 bits per heavy atom. The van der Waals surface area contributed by atoms with Gasteiger partial charge < -0.3 is 4.74 Å². The molecule has 1 aromatic rings. The van der Waals surface area contributed by atoms with Crippen molar-refractivity contribution >= 4 is 5.78 Å². The van der Waals surface area contributed by atoms with Crippen LogP contribution >= 0.6 is 0 Å². The van der Waals surface area contributed by atoms with Crippen LogP contribution in [0.1, 0.15) is 55.5 Å². The van der Waals surface area contributed by atoms with Gasteiger partial charge in [0.1, 0.15) is 5.75 Å². The largest absolute Gasteiger partial charge is 0.496 e. The first-order chi connectivity index (χ1) is 8.93. The molecular weight excluding hydrogens is 236 g/mol. The van der Waals surface area contributed by atoms with Crippen molar-refractivity contribution in [3.8, 4) is 5.75 Å². The Morgan fingerprint density at radius 1 is 1.26 bits per heavy atom. The molecule has 2 nitrogen and oxygen atoms in total. The summed E-state index contributed by atoms with van der Waals surface area (Å²) in [7, 11) is 1.63. The van der Waals surface area contributed by atoms with Crippen molar-refractivity contribution in [3.05, 3.63) is 29.3 Å². The number of carbonyl (C=O) groups is 1. The molecule has 1 aromatic carbocycles. The topological polar surface area (TPSA) is 26.3 Å². The smallest absolute Gasteiger partial charge is 0.169 e. The zero-order valence-corrected chi connectivity index (χ0v) is 12.5. The van der Waals surface area contributed by atoms with Crippen molar-refractivity contribution in [2.24, 2.45) is 11.3 Å². The summed E-state index contributed by atoms with van der Waals surface area (Å²) in [6.45, 7) is 6.60. The van der Waals surface area contributed by atoms with Gasteiger partial charge >= 0.3 is 0 Å². The van der Waals surface area contributed by atoms with Crippen LogP contribution in [-0.2, 0) is 0 Å². The van der Waals surface area contributed by atoms with Crippen LogP contribution in [0.2, 0.25) is 0 Å². The molecule has 1 saturated carbocycles. The zero-order valence-electron chi connectivity index (χ0n) is 12.5. The summed E-state index contributed by atoms with van der Waals surface area (Å²) in [6.07, 6.45) is 4.28. The highest BCUT2D eigenvalue weighted by Crippen LogP contribution is 2.40. The van der Waals surface area contributed by atoms with Crippen LogP contribution in [0.25, 0.3) is 0 Å². The summed E-state index contributed by atoms with van der Waals surface area (Å²) in [4.78, 5) is 12.7. The van der Waals surface area contributed by atoms with E-state index in [-0.39, 0.29) is 11.7 Å². The second kappa shape index (κ2) is 5.36. The maximum absolute atomic E-state index is 12.7. The van der Waals surface area contributed by atoms with Crippen molar-refractivity contribution in [2.45, 2.75) is 46.5 Å². The minimum atomic E-state index is 0.170. The van der Waals surface area contributed by atoms with Crippen LogP contribution in [-0.4, -0.2) is 12.9 Å². The SMILES string of the molecule is COc1ccc(C)cc1C(=O)C1CCC(C)(C)CC1. The Labute approximate surface area is 116 Å². The molecule has 0 aromatic heterocycles. The number of hydrogen-bond donors (Lipinski definition) is 0. The number of Topliss-reactive ketones (excluding diaryl/α,β-unsaturated/α-hetero) is 1. The van der Waals surface area contributed by atoms with E-state index in [1.165, 1.54) is 0 Å². The van der Waals surface area contributed by atoms with Crippen molar-refractivity contribution < 1.29 is 9.53 Å². The molecule has 0 saturated heterocycles. The molecule has 0 heterocycles. The summed E-state index contributed by atoms with van der Waals surface area (Å²) in [5.74, 6) is 1.14. The second-order valence-corrected chi connectivity index (χ2v) is 6.51. The third kappa shape index (κ3) is 3.17. The molecule has 0 atom stereocenters. The molecule has 0 radical (unpaired) electrons. The summed E-state index contributed by atoms with van der Waals surface area (Å²) in [5, 5.41) is 0. The van der Waals surface area contributed by atoms with E-state index in [4.69, 9.17) is 4.74 Å². The van der Waals surface area contributed by atoms with Gasteiger partial charge in [0.15, 0.2) is 5.78 Å². The molecular formula is C17H24O2. The standard InChI is InChI=1S/C17H24O2/c1-12-5-6-15(19-4)14(11-12)16(18)13-7-9-17(2,3)10-8-13/h5-6,11,13H,7-10H2,1-4H3. The van der Waals surface area contributed by atoms with Gasteiger partial charge in [0.25, 0.3) is 0 Å². The predicted molar refractivity (Wildman–Crippen MR) is 77.8 cm³/mol. The molecule has 2 rings (SSSR count). The molecule has 2 heteroatoms.